The summed E-state index contributed by atoms with van der Waals surface area (Å²) in [7, 11) is -1.17. The first-order chi connectivity index (χ1) is 13.4. The predicted molar refractivity (Wildman–Crippen MR) is 107 cm³/mol. The molecule has 3 rings (SSSR count). The van der Waals surface area contributed by atoms with Crippen LogP contribution in [0.1, 0.15) is 19.3 Å². The maximum Gasteiger partial charge on any atom is 0.237 e. The first kappa shape index (κ1) is 21.1. The van der Waals surface area contributed by atoms with Crippen molar-refractivity contribution < 1.29 is 22.7 Å². The van der Waals surface area contributed by atoms with Crippen LogP contribution in [0.2, 0.25) is 0 Å². The van der Waals surface area contributed by atoms with Gasteiger partial charge in [0.1, 0.15) is 12.4 Å². The van der Waals surface area contributed by atoms with Crippen LogP contribution in [0, 0.1) is 0 Å². The van der Waals surface area contributed by atoms with E-state index in [1.807, 2.05) is 42.3 Å². The number of likely N-dealkylation sites (N-methyl/N-ethyl adjacent to an activating group) is 1. The summed E-state index contributed by atoms with van der Waals surface area (Å²) in [5, 5.41) is 0. The molecule has 2 aliphatic rings. The Morgan fingerprint density at radius 2 is 2.04 bits per heavy atom. The van der Waals surface area contributed by atoms with Crippen LogP contribution < -0.4 is 4.74 Å². The number of hydrogen-bond acceptors (Lipinski definition) is 6. The molecule has 0 spiro atoms. The van der Waals surface area contributed by atoms with Gasteiger partial charge in [0.15, 0.2) is 9.84 Å². The fourth-order valence-electron chi connectivity index (χ4n) is 3.72. The molecule has 2 fully saturated rings. The van der Waals surface area contributed by atoms with Crippen LogP contribution in [0.5, 0.6) is 5.75 Å². The van der Waals surface area contributed by atoms with Crippen molar-refractivity contribution in [3.63, 3.8) is 0 Å². The lowest BCUT2D eigenvalue weighted by Crippen LogP contribution is -2.49. The van der Waals surface area contributed by atoms with Crippen molar-refractivity contribution in [3.05, 3.63) is 30.3 Å². The third-order valence-corrected chi connectivity index (χ3v) is 7.03. The average molecular weight is 411 g/mol. The topological polar surface area (TPSA) is 76.2 Å². The van der Waals surface area contributed by atoms with Gasteiger partial charge in [0.2, 0.25) is 5.91 Å². The molecule has 2 heterocycles. The van der Waals surface area contributed by atoms with Crippen molar-refractivity contribution in [1.29, 1.82) is 0 Å². The first-order valence-electron chi connectivity index (χ1n) is 9.91. The lowest BCUT2D eigenvalue weighted by Gasteiger charge is -2.32. The van der Waals surface area contributed by atoms with Gasteiger partial charge in [-0.05, 0) is 38.4 Å². The Labute approximate surface area is 167 Å². The Bertz CT molecular complexity index is 734. The molecule has 8 heteroatoms. The number of ether oxygens (including phenoxy) is 2. The van der Waals surface area contributed by atoms with E-state index in [0.717, 1.165) is 18.6 Å². The third-order valence-electron chi connectivity index (χ3n) is 5.28. The normalized spacial score (nSPS) is 23.8. The maximum atomic E-state index is 13.0. The van der Waals surface area contributed by atoms with Crippen LogP contribution in [0.15, 0.2) is 30.3 Å². The minimum absolute atomic E-state index is 0.0129. The molecule has 1 aromatic carbocycles. The standard InChI is InChI=1S/C20H30N2O5S/c1-21(10-12-27-18-6-3-2-4-7-18)15-20(23)22(14-19-8-5-11-26-19)17-9-13-28(24,25)16-17/h2-4,6-7,17,19H,5,8-16H2,1H3. The molecule has 28 heavy (non-hydrogen) atoms. The molecule has 156 valence electrons. The second kappa shape index (κ2) is 9.71. The Kier molecular flexibility index (Phi) is 7.31. The molecular formula is C20H30N2O5S. The van der Waals surface area contributed by atoms with Crippen LogP contribution in [-0.4, -0.2) is 87.7 Å². The average Bonchev–Trinajstić information content (AvgIpc) is 3.29. The lowest BCUT2D eigenvalue weighted by molar-refractivity contribution is -0.135. The van der Waals surface area contributed by atoms with Crippen LogP contribution in [0.25, 0.3) is 0 Å². The molecule has 0 aliphatic carbocycles. The summed E-state index contributed by atoms with van der Waals surface area (Å²) < 4.78 is 35.2. The second-order valence-electron chi connectivity index (χ2n) is 7.64. The lowest BCUT2D eigenvalue weighted by atomic mass is 10.1. The molecule has 0 saturated carbocycles. The molecule has 1 aromatic rings. The summed E-state index contributed by atoms with van der Waals surface area (Å²) in [4.78, 5) is 16.6. The minimum Gasteiger partial charge on any atom is -0.492 e. The Hall–Kier alpha value is -1.64. The van der Waals surface area contributed by atoms with E-state index >= 15 is 0 Å². The Balaban J connectivity index is 1.52. The summed E-state index contributed by atoms with van der Waals surface area (Å²) in [5.74, 6) is 0.984. The molecule has 0 bridgehead atoms. The zero-order chi connectivity index (χ0) is 20.0. The van der Waals surface area contributed by atoms with E-state index in [0.29, 0.717) is 32.7 Å². The van der Waals surface area contributed by atoms with Gasteiger partial charge >= 0.3 is 0 Å². The first-order valence-corrected chi connectivity index (χ1v) is 11.7. The van der Waals surface area contributed by atoms with Gasteiger partial charge in [-0.1, -0.05) is 18.2 Å². The monoisotopic (exact) mass is 410 g/mol. The van der Waals surface area contributed by atoms with Crippen molar-refractivity contribution in [1.82, 2.24) is 9.80 Å². The molecule has 0 aromatic heterocycles. The second-order valence-corrected chi connectivity index (χ2v) is 9.87. The number of para-hydroxylation sites is 1. The molecular weight excluding hydrogens is 380 g/mol. The van der Waals surface area contributed by atoms with Crippen LogP contribution in [0.4, 0.5) is 0 Å². The number of hydrogen-bond donors (Lipinski definition) is 0. The minimum atomic E-state index is -3.05. The van der Waals surface area contributed by atoms with Crippen molar-refractivity contribution >= 4 is 15.7 Å². The highest BCUT2D eigenvalue weighted by atomic mass is 32.2. The number of sulfone groups is 1. The SMILES string of the molecule is CN(CCOc1ccccc1)CC(=O)N(CC1CCCO1)C1CCS(=O)(=O)C1. The zero-order valence-electron chi connectivity index (χ0n) is 16.5. The number of carbonyl (C=O) groups is 1. The van der Waals surface area contributed by atoms with Gasteiger partial charge in [-0.15, -0.1) is 0 Å². The van der Waals surface area contributed by atoms with E-state index < -0.39 is 9.84 Å². The quantitative estimate of drug-likeness (QED) is 0.609. The van der Waals surface area contributed by atoms with Crippen molar-refractivity contribution in [2.24, 2.45) is 0 Å². The third kappa shape index (κ3) is 6.18. The highest BCUT2D eigenvalue weighted by Crippen LogP contribution is 2.21. The Morgan fingerprint density at radius 1 is 1.25 bits per heavy atom. The molecule has 2 saturated heterocycles. The largest absolute Gasteiger partial charge is 0.492 e. The molecule has 2 atom stereocenters. The number of carbonyl (C=O) groups excluding carboxylic acids is 1. The van der Waals surface area contributed by atoms with E-state index in [1.165, 1.54) is 0 Å². The molecule has 0 radical (unpaired) electrons. The van der Waals surface area contributed by atoms with E-state index in [2.05, 4.69) is 0 Å². The van der Waals surface area contributed by atoms with Crippen molar-refractivity contribution in [2.75, 3.05) is 51.4 Å². The highest BCUT2D eigenvalue weighted by Gasteiger charge is 2.36. The predicted octanol–water partition coefficient (Wildman–Crippen LogP) is 1.19. The van der Waals surface area contributed by atoms with Gasteiger partial charge in [-0.3, -0.25) is 9.69 Å². The smallest absolute Gasteiger partial charge is 0.237 e. The van der Waals surface area contributed by atoms with Gasteiger partial charge in [-0.2, -0.15) is 0 Å². The summed E-state index contributed by atoms with van der Waals surface area (Å²) in [6.07, 6.45) is 2.44. The molecule has 2 unspecified atom stereocenters. The summed E-state index contributed by atoms with van der Waals surface area (Å²) >= 11 is 0. The van der Waals surface area contributed by atoms with Crippen molar-refractivity contribution in [3.8, 4) is 5.75 Å². The maximum absolute atomic E-state index is 13.0. The number of rotatable bonds is 9. The van der Waals surface area contributed by atoms with Crippen LogP contribution in [0.3, 0.4) is 0 Å². The number of nitrogens with zero attached hydrogens (tertiary/aromatic N) is 2. The highest BCUT2D eigenvalue weighted by molar-refractivity contribution is 7.91. The van der Waals surface area contributed by atoms with Crippen LogP contribution in [-0.2, 0) is 19.4 Å². The molecule has 1 amide bonds. The van der Waals surface area contributed by atoms with Crippen LogP contribution >= 0.6 is 0 Å². The number of benzene rings is 1. The van der Waals surface area contributed by atoms with E-state index in [9.17, 15) is 13.2 Å². The molecule has 0 N–H and O–H groups in total. The fourth-order valence-corrected chi connectivity index (χ4v) is 5.45. The Morgan fingerprint density at radius 3 is 2.68 bits per heavy atom. The van der Waals surface area contributed by atoms with Gasteiger partial charge in [0.05, 0.1) is 24.2 Å². The van der Waals surface area contributed by atoms with E-state index in [4.69, 9.17) is 9.47 Å². The molecule has 7 nitrogen and oxygen atoms in total. The summed E-state index contributed by atoms with van der Waals surface area (Å²) in [5.41, 5.74) is 0. The van der Waals surface area contributed by atoms with Gasteiger partial charge < -0.3 is 14.4 Å². The van der Waals surface area contributed by atoms with Gasteiger partial charge in [0.25, 0.3) is 0 Å². The van der Waals surface area contributed by atoms with Gasteiger partial charge in [0, 0.05) is 25.7 Å². The zero-order valence-corrected chi connectivity index (χ0v) is 17.3. The van der Waals surface area contributed by atoms with Crippen molar-refractivity contribution in [2.45, 2.75) is 31.4 Å². The summed E-state index contributed by atoms with van der Waals surface area (Å²) in [6, 6.07) is 9.33. The summed E-state index contributed by atoms with van der Waals surface area (Å²) in [6.45, 7) is 2.52. The fraction of sp³-hybridized carbons (Fsp3) is 0.650. The number of amides is 1. The molecule has 2 aliphatic heterocycles. The van der Waals surface area contributed by atoms with E-state index in [-0.39, 0.29) is 36.1 Å². The van der Waals surface area contributed by atoms with E-state index in [1.54, 1.807) is 4.90 Å². The van der Waals surface area contributed by atoms with Gasteiger partial charge in [-0.25, -0.2) is 8.42 Å².